The van der Waals surface area contributed by atoms with Gasteiger partial charge in [-0.15, -0.1) is 0 Å². The molecule has 1 aromatic carbocycles. The monoisotopic (exact) mass is 318 g/mol. The lowest BCUT2D eigenvalue weighted by Gasteiger charge is -2.34. The van der Waals surface area contributed by atoms with Crippen LogP contribution in [0, 0.1) is 5.92 Å². The standard InChI is InChI=1S/C18H26N2O3/c1-18(2,3)23-17(22)19-11-15-5-4-10-20(12-15)16-8-6-14(13-21)7-9-16/h6-9,13,15H,4-5,10-12H2,1-3H3,(H,19,22)/t15-/m0/s1. The predicted molar refractivity (Wildman–Crippen MR) is 91.0 cm³/mol. The van der Waals surface area contributed by atoms with Gasteiger partial charge in [-0.2, -0.15) is 0 Å². The van der Waals surface area contributed by atoms with E-state index in [-0.39, 0.29) is 6.09 Å². The number of nitrogens with one attached hydrogen (secondary N) is 1. The largest absolute Gasteiger partial charge is 0.444 e. The molecule has 1 aliphatic rings. The van der Waals surface area contributed by atoms with E-state index in [4.69, 9.17) is 4.74 Å². The molecule has 0 saturated carbocycles. The van der Waals surface area contributed by atoms with Crippen LogP contribution in [0.1, 0.15) is 44.0 Å². The number of anilines is 1. The molecule has 1 atom stereocenters. The molecule has 1 aromatic rings. The second-order valence-electron chi connectivity index (χ2n) is 7.05. The molecule has 0 unspecified atom stereocenters. The van der Waals surface area contributed by atoms with Gasteiger partial charge in [-0.1, -0.05) is 0 Å². The Bertz CT molecular complexity index is 534. The minimum Gasteiger partial charge on any atom is -0.444 e. The van der Waals surface area contributed by atoms with Crippen LogP contribution < -0.4 is 10.2 Å². The first-order valence-corrected chi connectivity index (χ1v) is 8.14. The van der Waals surface area contributed by atoms with Crippen LogP contribution in [0.25, 0.3) is 0 Å². The molecule has 1 amide bonds. The number of alkyl carbamates (subject to hydrolysis) is 1. The molecule has 0 aromatic heterocycles. The zero-order valence-electron chi connectivity index (χ0n) is 14.2. The Morgan fingerprint density at radius 3 is 2.65 bits per heavy atom. The van der Waals surface area contributed by atoms with E-state index in [9.17, 15) is 9.59 Å². The Morgan fingerprint density at radius 1 is 1.35 bits per heavy atom. The molecular formula is C18H26N2O3. The van der Waals surface area contributed by atoms with Crippen molar-refractivity contribution in [1.29, 1.82) is 0 Å². The van der Waals surface area contributed by atoms with E-state index in [0.717, 1.165) is 37.9 Å². The molecular weight excluding hydrogens is 292 g/mol. The first-order valence-electron chi connectivity index (χ1n) is 8.14. The number of hydrogen-bond donors (Lipinski definition) is 1. The molecule has 0 spiro atoms. The highest BCUT2D eigenvalue weighted by Gasteiger charge is 2.22. The summed E-state index contributed by atoms with van der Waals surface area (Å²) in [6.07, 6.45) is 2.69. The molecule has 0 aliphatic carbocycles. The zero-order chi connectivity index (χ0) is 16.9. The number of piperidine rings is 1. The van der Waals surface area contributed by atoms with E-state index in [2.05, 4.69) is 10.2 Å². The molecule has 1 fully saturated rings. The van der Waals surface area contributed by atoms with Crippen LogP contribution in [-0.2, 0) is 4.74 Å². The van der Waals surface area contributed by atoms with E-state index < -0.39 is 5.60 Å². The third kappa shape index (κ3) is 5.58. The lowest BCUT2D eigenvalue weighted by molar-refractivity contribution is 0.0517. The van der Waals surface area contributed by atoms with E-state index in [1.807, 2.05) is 45.0 Å². The van der Waals surface area contributed by atoms with E-state index in [0.29, 0.717) is 18.0 Å². The highest BCUT2D eigenvalue weighted by molar-refractivity contribution is 5.75. The van der Waals surface area contributed by atoms with Gasteiger partial charge in [0.1, 0.15) is 11.9 Å². The number of amides is 1. The zero-order valence-corrected chi connectivity index (χ0v) is 14.2. The smallest absolute Gasteiger partial charge is 0.407 e. The third-order valence-electron chi connectivity index (χ3n) is 3.85. The van der Waals surface area contributed by atoms with Crippen molar-refractivity contribution in [2.24, 2.45) is 5.92 Å². The van der Waals surface area contributed by atoms with Gasteiger partial charge < -0.3 is 15.0 Å². The molecule has 1 saturated heterocycles. The van der Waals surface area contributed by atoms with Gasteiger partial charge in [0.15, 0.2) is 0 Å². The van der Waals surface area contributed by atoms with E-state index in [1.54, 1.807) is 0 Å². The van der Waals surface area contributed by atoms with Crippen molar-refractivity contribution in [3.8, 4) is 0 Å². The van der Waals surface area contributed by atoms with E-state index >= 15 is 0 Å². The average molecular weight is 318 g/mol. The van der Waals surface area contributed by atoms with Gasteiger partial charge in [-0.05, 0) is 63.8 Å². The lowest BCUT2D eigenvalue weighted by Crippen LogP contribution is -2.42. The topological polar surface area (TPSA) is 58.6 Å². The molecule has 23 heavy (non-hydrogen) atoms. The Balaban J connectivity index is 1.85. The Morgan fingerprint density at radius 2 is 2.04 bits per heavy atom. The van der Waals surface area contributed by atoms with Gasteiger partial charge in [0, 0.05) is 30.9 Å². The number of aldehydes is 1. The van der Waals surface area contributed by atoms with Crippen LogP contribution in [0.4, 0.5) is 10.5 Å². The quantitative estimate of drug-likeness (QED) is 0.866. The highest BCUT2D eigenvalue weighted by Crippen LogP contribution is 2.23. The maximum Gasteiger partial charge on any atom is 0.407 e. The normalized spacial score (nSPS) is 18.4. The lowest BCUT2D eigenvalue weighted by atomic mass is 9.97. The van der Waals surface area contributed by atoms with Gasteiger partial charge in [-0.3, -0.25) is 4.79 Å². The number of nitrogens with zero attached hydrogens (tertiary/aromatic N) is 1. The van der Waals surface area contributed by atoms with Crippen LogP contribution in [0.3, 0.4) is 0 Å². The summed E-state index contributed by atoms with van der Waals surface area (Å²) in [5.74, 6) is 0.405. The minimum atomic E-state index is -0.469. The summed E-state index contributed by atoms with van der Waals surface area (Å²) in [5.41, 5.74) is 1.34. The molecule has 1 heterocycles. The number of carbonyl (C=O) groups excluding carboxylic acids is 2. The fourth-order valence-electron chi connectivity index (χ4n) is 2.77. The maximum absolute atomic E-state index is 11.7. The van der Waals surface area contributed by atoms with Gasteiger partial charge in [-0.25, -0.2) is 4.79 Å². The summed E-state index contributed by atoms with van der Waals surface area (Å²) >= 11 is 0. The van der Waals surface area contributed by atoms with Crippen molar-refractivity contribution >= 4 is 18.1 Å². The van der Waals surface area contributed by atoms with Crippen LogP contribution in [0.2, 0.25) is 0 Å². The van der Waals surface area contributed by atoms with Crippen molar-refractivity contribution in [2.75, 3.05) is 24.5 Å². The van der Waals surface area contributed by atoms with Crippen LogP contribution in [0.5, 0.6) is 0 Å². The number of carbonyl (C=O) groups is 2. The van der Waals surface area contributed by atoms with Gasteiger partial charge in [0.05, 0.1) is 0 Å². The molecule has 126 valence electrons. The van der Waals surface area contributed by atoms with Crippen LogP contribution in [0.15, 0.2) is 24.3 Å². The van der Waals surface area contributed by atoms with Crippen molar-refractivity contribution in [1.82, 2.24) is 5.32 Å². The summed E-state index contributed by atoms with van der Waals surface area (Å²) in [4.78, 5) is 24.8. The summed E-state index contributed by atoms with van der Waals surface area (Å²) in [6.45, 7) is 8.10. The van der Waals surface area contributed by atoms with E-state index in [1.165, 1.54) is 0 Å². The molecule has 1 N–H and O–H groups in total. The van der Waals surface area contributed by atoms with Crippen molar-refractivity contribution < 1.29 is 14.3 Å². The Labute approximate surface area is 138 Å². The highest BCUT2D eigenvalue weighted by atomic mass is 16.6. The van der Waals surface area contributed by atoms with Crippen LogP contribution in [-0.4, -0.2) is 37.6 Å². The summed E-state index contributed by atoms with van der Waals surface area (Å²) in [6, 6.07) is 7.64. The van der Waals surface area contributed by atoms with Gasteiger partial charge in [0.2, 0.25) is 0 Å². The predicted octanol–water partition coefficient (Wildman–Crippen LogP) is 3.24. The average Bonchev–Trinajstić information content (AvgIpc) is 2.52. The SMILES string of the molecule is CC(C)(C)OC(=O)NC[C@@H]1CCCN(c2ccc(C=O)cc2)C1. The van der Waals surface area contributed by atoms with Gasteiger partial charge in [0.25, 0.3) is 0 Å². The van der Waals surface area contributed by atoms with Crippen LogP contribution >= 0.6 is 0 Å². The first-order chi connectivity index (χ1) is 10.9. The number of benzene rings is 1. The summed E-state index contributed by atoms with van der Waals surface area (Å²) in [7, 11) is 0. The Hall–Kier alpha value is -2.04. The molecule has 5 nitrogen and oxygen atoms in total. The second-order valence-corrected chi connectivity index (χ2v) is 7.05. The second kappa shape index (κ2) is 7.49. The fourth-order valence-corrected chi connectivity index (χ4v) is 2.77. The first kappa shape index (κ1) is 17.3. The third-order valence-corrected chi connectivity index (χ3v) is 3.85. The summed E-state index contributed by atoms with van der Waals surface area (Å²) < 4.78 is 5.27. The minimum absolute atomic E-state index is 0.357. The fraction of sp³-hybridized carbons (Fsp3) is 0.556. The number of ether oxygens (including phenoxy) is 1. The summed E-state index contributed by atoms with van der Waals surface area (Å²) in [5, 5.41) is 2.87. The maximum atomic E-state index is 11.7. The van der Waals surface area contributed by atoms with Gasteiger partial charge >= 0.3 is 6.09 Å². The molecule has 2 rings (SSSR count). The van der Waals surface area contributed by atoms with Crippen molar-refractivity contribution in [2.45, 2.75) is 39.2 Å². The number of rotatable bonds is 4. The van der Waals surface area contributed by atoms with Crippen molar-refractivity contribution in [3.05, 3.63) is 29.8 Å². The number of hydrogen-bond acceptors (Lipinski definition) is 4. The van der Waals surface area contributed by atoms with Crippen molar-refractivity contribution in [3.63, 3.8) is 0 Å². The molecule has 0 bridgehead atoms. The Kier molecular flexibility index (Phi) is 5.64. The molecule has 1 aliphatic heterocycles. The molecule has 0 radical (unpaired) electrons. The molecule has 5 heteroatoms.